The van der Waals surface area contributed by atoms with Crippen LogP contribution in [0.2, 0.25) is 0 Å². The Bertz CT molecular complexity index is 303. The van der Waals surface area contributed by atoms with Crippen LogP contribution >= 0.6 is 11.8 Å². The van der Waals surface area contributed by atoms with Gasteiger partial charge >= 0.3 is 0 Å². The van der Waals surface area contributed by atoms with E-state index in [0.717, 1.165) is 17.8 Å². The molecule has 0 amide bonds. The summed E-state index contributed by atoms with van der Waals surface area (Å²) in [6.07, 6.45) is 14.4. The Balaban J connectivity index is 1.50. The Hall–Kier alpha value is 0.0500. The lowest BCUT2D eigenvalue weighted by Crippen LogP contribution is -2.48. The minimum Gasteiger partial charge on any atom is -0.313 e. The average Bonchev–Trinajstić information content (AvgIpc) is 2.89. The van der Waals surface area contributed by atoms with Gasteiger partial charge in [-0.2, -0.15) is 11.8 Å². The van der Waals surface area contributed by atoms with Gasteiger partial charge < -0.3 is 5.32 Å². The maximum absolute atomic E-state index is 3.85. The summed E-state index contributed by atoms with van der Waals surface area (Å²) in [5.74, 6) is 2.70. The van der Waals surface area contributed by atoms with Crippen molar-refractivity contribution < 1.29 is 0 Å². The molecule has 96 valence electrons. The van der Waals surface area contributed by atoms with E-state index in [0.29, 0.717) is 10.8 Å². The number of hydrogen-bond acceptors (Lipinski definition) is 2. The fraction of sp³-hybridized carbons (Fsp3) is 0.867. The lowest BCUT2D eigenvalue weighted by molar-refractivity contribution is 0.282. The van der Waals surface area contributed by atoms with Crippen molar-refractivity contribution in [3.05, 3.63) is 12.2 Å². The molecule has 2 fully saturated rings. The van der Waals surface area contributed by atoms with E-state index in [-0.39, 0.29) is 0 Å². The Morgan fingerprint density at radius 3 is 2.65 bits per heavy atom. The SMILES string of the molecule is CSC1(CNC(C)C2CC3C=CC2C3)CCC1. The zero-order valence-corrected chi connectivity index (χ0v) is 11.9. The molecular weight excluding hydrogens is 226 g/mol. The van der Waals surface area contributed by atoms with E-state index in [4.69, 9.17) is 0 Å². The number of nitrogens with one attached hydrogen (secondary N) is 1. The molecule has 0 aromatic carbocycles. The summed E-state index contributed by atoms with van der Waals surface area (Å²) in [5, 5.41) is 3.85. The molecule has 2 bridgehead atoms. The van der Waals surface area contributed by atoms with Crippen LogP contribution in [0, 0.1) is 17.8 Å². The highest BCUT2D eigenvalue weighted by Crippen LogP contribution is 2.46. The van der Waals surface area contributed by atoms with Crippen LogP contribution in [-0.2, 0) is 0 Å². The maximum atomic E-state index is 3.85. The number of rotatable bonds is 5. The van der Waals surface area contributed by atoms with Gasteiger partial charge in [0.1, 0.15) is 0 Å². The Labute approximate surface area is 110 Å². The molecule has 4 unspecified atom stereocenters. The summed E-state index contributed by atoms with van der Waals surface area (Å²) in [5.41, 5.74) is 0. The van der Waals surface area contributed by atoms with Crippen molar-refractivity contribution in [3.63, 3.8) is 0 Å². The van der Waals surface area contributed by atoms with E-state index in [2.05, 4.69) is 42.4 Å². The van der Waals surface area contributed by atoms with Crippen molar-refractivity contribution in [3.8, 4) is 0 Å². The van der Waals surface area contributed by atoms with Crippen LogP contribution in [0.1, 0.15) is 39.0 Å². The monoisotopic (exact) mass is 251 g/mol. The fourth-order valence-corrected chi connectivity index (χ4v) is 4.85. The highest BCUT2D eigenvalue weighted by molar-refractivity contribution is 8.00. The lowest BCUT2D eigenvalue weighted by Gasteiger charge is -2.42. The van der Waals surface area contributed by atoms with Crippen LogP contribution in [0.15, 0.2) is 12.2 Å². The molecule has 0 heterocycles. The molecule has 2 saturated carbocycles. The minimum absolute atomic E-state index is 0.585. The number of allylic oxidation sites excluding steroid dienone is 2. The van der Waals surface area contributed by atoms with Gasteiger partial charge in [0.15, 0.2) is 0 Å². The summed E-state index contributed by atoms with van der Waals surface area (Å²) in [7, 11) is 0. The summed E-state index contributed by atoms with van der Waals surface area (Å²) in [6, 6.07) is 0.708. The molecule has 0 saturated heterocycles. The topological polar surface area (TPSA) is 12.0 Å². The van der Waals surface area contributed by atoms with Gasteiger partial charge in [0, 0.05) is 17.3 Å². The predicted molar refractivity (Wildman–Crippen MR) is 76.4 cm³/mol. The van der Waals surface area contributed by atoms with E-state index in [1.807, 2.05) is 0 Å². The molecule has 3 aliphatic carbocycles. The van der Waals surface area contributed by atoms with Gasteiger partial charge in [0.25, 0.3) is 0 Å². The van der Waals surface area contributed by atoms with Crippen molar-refractivity contribution in [2.24, 2.45) is 17.8 Å². The highest BCUT2D eigenvalue weighted by atomic mass is 32.2. The molecule has 4 atom stereocenters. The smallest absolute Gasteiger partial charge is 0.0281 e. The number of thioether (sulfide) groups is 1. The molecule has 1 nitrogen and oxygen atoms in total. The summed E-state index contributed by atoms with van der Waals surface area (Å²) in [6.45, 7) is 3.64. The molecule has 0 radical (unpaired) electrons. The largest absolute Gasteiger partial charge is 0.313 e. The molecule has 3 aliphatic rings. The van der Waals surface area contributed by atoms with Crippen molar-refractivity contribution in [1.82, 2.24) is 5.32 Å². The van der Waals surface area contributed by atoms with E-state index < -0.39 is 0 Å². The quantitative estimate of drug-likeness (QED) is 0.751. The normalized spacial score (nSPS) is 39.3. The first-order valence-corrected chi connectivity index (χ1v) is 8.42. The lowest BCUT2D eigenvalue weighted by atomic mass is 9.83. The van der Waals surface area contributed by atoms with Crippen LogP contribution in [-0.4, -0.2) is 23.6 Å². The molecule has 2 heteroatoms. The first kappa shape index (κ1) is 12.1. The number of fused-ring (bicyclic) bond motifs is 2. The van der Waals surface area contributed by atoms with E-state index >= 15 is 0 Å². The van der Waals surface area contributed by atoms with Crippen molar-refractivity contribution >= 4 is 11.8 Å². The van der Waals surface area contributed by atoms with E-state index in [1.54, 1.807) is 0 Å². The van der Waals surface area contributed by atoms with Gasteiger partial charge in [-0.15, -0.1) is 0 Å². The summed E-state index contributed by atoms with van der Waals surface area (Å²) < 4.78 is 0.585. The molecule has 3 rings (SSSR count). The zero-order valence-electron chi connectivity index (χ0n) is 11.1. The zero-order chi connectivity index (χ0) is 11.9. The second-order valence-corrected chi connectivity index (χ2v) is 7.63. The van der Waals surface area contributed by atoms with Gasteiger partial charge in [0.05, 0.1) is 0 Å². The summed E-state index contributed by atoms with van der Waals surface area (Å²) in [4.78, 5) is 0. The van der Waals surface area contributed by atoms with Crippen molar-refractivity contribution in [2.75, 3.05) is 12.8 Å². The van der Waals surface area contributed by atoms with Gasteiger partial charge in [-0.1, -0.05) is 18.6 Å². The van der Waals surface area contributed by atoms with Crippen LogP contribution in [0.5, 0.6) is 0 Å². The predicted octanol–water partition coefficient (Wildman–Crippen LogP) is 3.46. The molecule has 1 N–H and O–H groups in total. The third-order valence-corrected chi connectivity index (χ3v) is 6.84. The third-order valence-electron chi connectivity index (χ3n) is 5.42. The van der Waals surface area contributed by atoms with Gasteiger partial charge in [-0.3, -0.25) is 0 Å². The molecule has 17 heavy (non-hydrogen) atoms. The second-order valence-electron chi connectivity index (χ2n) is 6.35. The first-order chi connectivity index (χ1) is 8.22. The number of hydrogen-bond donors (Lipinski definition) is 1. The third kappa shape index (κ3) is 2.19. The van der Waals surface area contributed by atoms with Crippen molar-refractivity contribution in [1.29, 1.82) is 0 Å². The van der Waals surface area contributed by atoms with Gasteiger partial charge in [-0.05, 0) is 56.6 Å². The Morgan fingerprint density at radius 1 is 1.35 bits per heavy atom. The standard InChI is InChI=1S/C15H25NS/c1-11(14-9-12-4-5-13(14)8-12)16-10-15(17-2)6-3-7-15/h4-5,11-14,16H,3,6-10H2,1-2H3. The molecule has 0 aromatic rings. The van der Waals surface area contributed by atoms with Crippen LogP contribution < -0.4 is 5.32 Å². The average molecular weight is 251 g/mol. The fourth-order valence-electron chi connectivity index (χ4n) is 3.92. The molecule has 0 aliphatic heterocycles. The maximum Gasteiger partial charge on any atom is 0.0281 e. The second kappa shape index (κ2) is 4.62. The van der Waals surface area contributed by atoms with Crippen LogP contribution in [0.25, 0.3) is 0 Å². The minimum atomic E-state index is 0.585. The molecular formula is C15H25NS. The van der Waals surface area contributed by atoms with Crippen LogP contribution in [0.4, 0.5) is 0 Å². The highest BCUT2D eigenvalue weighted by Gasteiger charge is 2.40. The van der Waals surface area contributed by atoms with Crippen LogP contribution in [0.3, 0.4) is 0 Å². The Morgan fingerprint density at radius 2 is 2.18 bits per heavy atom. The molecule has 0 aromatic heterocycles. The first-order valence-electron chi connectivity index (χ1n) is 7.19. The van der Waals surface area contributed by atoms with Gasteiger partial charge in [0.2, 0.25) is 0 Å². The summed E-state index contributed by atoms with van der Waals surface area (Å²) >= 11 is 2.08. The van der Waals surface area contributed by atoms with Gasteiger partial charge in [-0.25, -0.2) is 0 Å². The molecule has 0 spiro atoms. The van der Waals surface area contributed by atoms with E-state index in [9.17, 15) is 0 Å². The van der Waals surface area contributed by atoms with Crippen molar-refractivity contribution in [2.45, 2.75) is 49.8 Å². The van der Waals surface area contributed by atoms with E-state index in [1.165, 1.54) is 38.6 Å². The Kier molecular flexibility index (Phi) is 3.29.